The van der Waals surface area contributed by atoms with Gasteiger partial charge in [0.05, 0.1) is 12.1 Å². The SMILES string of the molecule is Cc1cnc(C(C)n2c(C)cc3c2CCCC3O)s1. The van der Waals surface area contributed by atoms with E-state index in [1.807, 2.05) is 6.20 Å². The molecular weight excluding hydrogens is 256 g/mol. The van der Waals surface area contributed by atoms with E-state index in [0.717, 1.165) is 29.8 Å². The summed E-state index contributed by atoms with van der Waals surface area (Å²) in [6, 6.07) is 2.41. The molecule has 2 atom stereocenters. The van der Waals surface area contributed by atoms with E-state index in [1.54, 1.807) is 11.3 Å². The van der Waals surface area contributed by atoms with Crippen LogP contribution in [0.25, 0.3) is 0 Å². The summed E-state index contributed by atoms with van der Waals surface area (Å²) in [5, 5.41) is 11.3. The van der Waals surface area contributed by atoms with Crippen LogP contribution in [0.3, 0.4) is 0 Å². The molecule has 2 aromatic heterocycles. The molecular formula is C15H20N2OS. The summed E-state index contributed by atoms with van der Waals surface area (Å²) in [6.45, 7) is 6.42. The van der Waals surface area contributed by atoms with Crippen LogP contribution in [0.1, 0.15) is 58.7 Å². The maximum Gasteiger partial charge on any atom is 0.115 e. The lowest BCUT2D eigenvalue weighted by molar-refractivity contribution is 0.155. The zero-order valence-corrected chi connectivity index (χ0v) is 12.5. The van der Waals surface area contributed by atoms with Crippen molar-refractivity contribution in [3.05, 3.63) is 39.1 Å². The Bertz CT molecular complexity index is 599. The lowest BCUT2D eigenvalue weighted by Gasteiger charge is -2.23. The minimum atomic E-state index is -0.283. The third kappa shape index (κ3) is 2.13. The van der Waals surface area contributed by atoms with E-state index < -0.39 is 0 Å². The second-order valence-corrected chi connectivity index (χ2v) is 6.72. The van der Waals surface area contributed by atoms with Gasteiger partial charge in [-0.05, 0) is 46.1 Å². The highest BCUT2D eigenvalue weighted by molar-refractivity contribution is 7.11. The number of rotatable bonds is 2. The number of aliphatic hydroxyl groups excluding tert-OH is 1. The number of aromatic nitrogens is 2. The molecule has 3 rings (SSSR count). The molecule has 4 heteroatoms. The van der Waals surface area contributed by atoms with E-state index in [9.17, 15) is 5.11 Å². The standard InChI is InChI=1S/C15H20N2OS/c1-9-7-12-13(5-4-6-14(12)18)17(9)11(3)15-16-8-10(2)19-15/h7-8,11,14,18H,4-6H2,1-3H3. The summed E-state index contributed by atoms with van der Waals surface area (Å²) >= 11 is 1.76. The summed E-state index contributed by atoms with van der Waals surface area (Å²) in [6.07, 6.45) is 4.68. The first-order chi connectivity index (χ1) is 9.08. The van der Waals surface area contributed by atoms with E-state index in [1.165, 1.54) is 16.3 Å². The molecule has 0 spiro atoms. The number of fused-ring (bicyclic) bond motifs is 1. The first-order valence-electron chi connectivity index (χ1n) is 6.89. The van der Waals surface area contributed by atoms with Crippen molar-refractivity contribution < 1.29 is 5.11 Å². The van der Waals surface area contributed by atoms with Crippen molar-refractivity contribution >= 4 is 11.3 Å². The second-order valence-electron chi connectivity index (χ2n) is 5.45. The van der Waals surface area contributed by atoms with E-state index in [2.05, 4.69) is 36.4 Å². The molecule has 0 saturated carbocycles. The van der Waals surface area contributed by atoms with Crippen LogP contribution in [-0.2, 0) is 6.42 Å². The predicted molar refractivity (Wildman–Crippen MR) is 77.7 cm³/mol. The van der Waals surface area contributed by atoms with Gasteiger partial charge in [0.1, 0.15) is 5.01 Å². The topological polar surface area (TPSA) is 38.0 Å². The van der Waals surface area contributed by atoms with Crippen LogP contribution in [0.4, 0.5) is 0 Å². The fraction of sp³-hybridized carbons (Fsp3) is 0.533. The van der Waals surface area contributed by atoms with Crippen LogP contribution in [0.2, 0.25) is 0 Å². The van der Waals surface area contributed by atoms with Crippen molar-refractivity contribution in [1.29, 1.82) is 0 Å². The van der Waals surface area contributed by atoms with Crippen LogP contribution >= 0.6 is 11.3 Å². The number of thiazole rings is 1. The van der Waals surface area contributed by atoms with E-state index in [4.69, 9.17) is 0 Å². The smallest absolute Gasteiger partial charge is 0.115 e. The van der Waals surface area contributed by atoms with Gasteiger partial charge in [-0.15, -0.1) is 11.3 Å². The highest BCUT2D eigenvalue weighted by Crippen LogP contribution is 2.36. The van der Waals surface area contributed by atoms with E-state index >= 15 is 0 Å². The normalized spacial score (nSPS) is 20.3. The minimum absolute atomic E-state index is 0.257. The maximum atomic E-state index is 10.1. The van der Waals surface area contributed by atoms with Gasteiger partial charge in [0.15, 0.2) is 0 Å². The Morgan fingerprint density at radius 3 is 2.95 bits per heavy atom. The molecule has 2 heterocycles. The van der Waals surface area contributed by atoms with Crippen LogP contribution < -0.4 is 0 Å². The second kappa shape index (κ2) is 4.76. The van der Waals surface area contributed by atoms with Crippen LogP contribution in [0.15, 0.2) is 12.3 Å². The van der Waals surface area contributed by atoms with Gasteiger partial charge in [-0.3, -0.25) is 0 Å². The Hall–Kier alpha value is -1.13. The first-order valence-corrected chi connectivity index (χ1v) is 7.70. The van der Waals surface area contributed by atoms with Gasteiger partial charge >= 0.3 is 0 Å². The summed E-state index contributed by atoms with van der Waals surface area (Å²) in [5.74, 6) is 0. The molecule has 2 unspecified atom stereocenters. The number of hydrogen-bond donors (Lipinski definition) is 1. The summed E-state index contributed by atoms with van der Waals surface area (Å²) in [4.78, 5) is 5.77. The molecule has 3 nitrogen and oxygen atoms in total. The average molecular weight is 276 g/mol. The largest absolute Gasteiger partial charge is 0.388 e. The van der Waals surface area contributed by atoms with Gasteiger partial charge in [-0.1, -0.05) is 0 Å². The molecule has 0 bridgehead atoms. The Morgan fingerprint density at radius 1 is 1.47 bits per heavy atom. The predicted octanol–water partition coefficient (Wildman–Crippen LogP) is 3.54. The van der Waals surface area contributed by atoms with Gasteiger partial charge in [0.25, 0.3) is 0 Å². The molecule has 102 valence electrons. The van der Waals surface area contributed by atoms with Gasteiger partial charge in [-0.25, -0.2) is 4.98 Å². The highest BCUT2D eigenvalue weighted by atomic mass is 32.1. The van der Waals surface area contributed by atoms with Crippen molar-refractivity contribution in [2.45, 2.75) is 52.2 Å². The summed E-state index contributed by atoms with van der Waals surface area (Å²) in [7, 11) is 0. The minimum Gasteiger partial charge on any atom is -0.388 e. The van der Waals surface area contributed by atoms with Gasteiger partial charge in [0, 0.05) is 28.0 Å². The first kappa shape index (κ1) is 12.9. The monoisotopic (exact) mass is 276 g/mol. The molecule has 0 amide bonds. The molecule has 0 aliphatic heterocycles. The zero-order valence-electron chi connectivity index (χ0n) is 11.7. The summed E-state index contributed by atoms with van der Waals surface area (Å²) < 4.78 is 2.36. The van der Waals surface area contributed by atoms with Crippen molar-refractivity contribution in [2.75, 3.05) is 0 Å². The van der Waals surface area contributed by atoms with Crippen LogP contribution in [-0.4, -0.2) is 14.7 Å². The van der Waals surface area contributed by atoms with Gasteiger partial charge in [-0.2, -0.15) is 0 Å². The van der Waals surface area contributed by atoms with E-state index in [0.29, 0.717) is 0 Å². The molecule has 1 N–H and O–H groups in total. The summed E-state index contributed by atoms with van der Waals surface area (Å²) in [5.41, 5.74) is 3.66. The van der Waals surface area contributed by atoms with Gasteiger partial charge in [0.2, 0.25) is 0 Å². The highest BCUT2D eigenvalue weighted by Gasteiger charge is 2.26. The number of aliphatic hydroxyl groups is 1. The zero-order chi connectivity index (χ0) is 13.6. The Kier molecular flexibility index (Phi) is 3.23. The Balaban J connectivity index is 2.05. The lowest BCUT2D eigenvalue weighted by Crippen LogP contribution is -2.16. The molecule has 1 aliphatic rings. The van der Waals surface area contributed by atoms with Gasteiger partial charge < -0.3 is 9.67 Å². The fourth-order valence-electron chi connectivity index (χ4n) is 3.12. The van der Waals surface area contributed by atoms with E-state index in [-0.39, 0.29) is 12.1 Å². The quantitative estimate of drug-likeness (QED) is 0.911. The fourth-order valence-corrected chi connectivity index (χ4v) is 3.93. The molecule has 2 aromatic rings. The Morgan fingerprint density at radius 2 is 2.26 bits per heavy atom. The number of nitrogens with zero attached hydrogens (tertiary/aromatic N) is 2. The third-order valence-corrected chi connectivity index (χ3v) is 5.09. The molecule has 0 radical (unpaired) electrons. The number of aryl methyl sites for hydroxylation is 2. The van der Waals surface area contributed by atoms with Crippen molar-refractivity contribution in [3.8, 4) is 0 Å². The Labute approximate surface area is 117 Å². The molecule has 19 heavy (non-hydrogen) atoms. The number of hydrogen-bond acceptors (Lipinski definition) is 3. The molecule has 0 saturated heterocycles. The van der Waals surface area contributed by atoms with Crippen LogP contribution in [0.5, 0.6) is 0 Å². The lowest BCUT2D eigenvalue weighted by atomic mass is 9.95. The molecule has 0 aromatic carbocycles. The average Bonchev–Trinajstić information content (AvgIpc) is 2.93. The molecule has 1 aliphatic carbocycles. The van der Waals surface area contributed by atoms with Crippen LogP contribution in [0, 0.1) is 13.8 Å². The third-order valence-electron chi connectivity index (χ3n) is 4.00. The molecule has 0 fully saturated rings. The van der Waals surface area contributed by atoms with Crippen molar-refractivity contribution in [3.63, 3.8) is 0 Å². The maximum absolute atomic E-state index is 10.1. The van der Waals surface area contributed by atoms with Crippen molar-refractivity contribution in [1.82, 2.24) is 9.55 Å². The van der Waals surface area contributed by atoms with Crippen molar-refractivity contribution in [2.24, 2.45) is 0 Å².